The van der Waals surface area contributed by atoms with Crippen molar-refractivity contribution in [2.45, 2.75) is 46.0 Å². The van der Waals surface area contributed by atoms with Crippen LogP contribution in [0.2, 0.25) is 0 Å². The first kappa shape index (κ1) is 23.9. The van der Waals surface area contributed by atoms with Crippen LogP contribution in [0.3, 0.4) is 0 Å². The highest BCUT2D eigenvalue weighted by Gasteiger charge is 2.23. The van der Waals surface area contributed by atoms with Gasteiger partial charge in [0.05, 0.1) is 22.1 Å². The Hall–Kier alpha value is -3.72. The number of aromatic nitrogens is 1. The van der Waals surface area contributed by atoms with Gasteiger partial charge in [-0.05, 0) is 38.5 Å². The van der Waals surface area contributed by atoms with Crippen molar-refractivity contribution in [3.8, 4) is 11.5 Å². The molecule has 0 aliphatic heterocycles. The Labute approximate surface area is 191 Å². The summed E-state index contributed by atoms with van der Waals surface area (Å²) in [5.41, 5.74) is 1.56. The predicted octanol–water partition coefficient (Wildman–Crippen LogP) is 4.54. The van der Waals surface area contributed by atoms with E-state index in [2.05, 4.69) is 4.98 Å². The van der Waals surface area contributed by atoms with E-state index in [9.17, 15) is 20.0 Å². The second kappa shape index (κ2) is 10.7. The number of pyridine rings is 1. The minimum Gasteiger partial charge on any atom is -0.490 e. The fraction of sp³-hybridized carbons (Fsp3) is 0.333. The molecule has 1 N–H and O–H groups in total. The number of para-hydroxylation sites is 1. The molecule has 0 aliphatic carbocycles. The Morgan fingerprint density at radius 3 is 2.58 bits per heavy atom. The summed E-state index contributed by atoms with van der Waals surface area (Å²) < 4.78 is 17.3. The zero-order valence-electron chi connectivity index (χ0n) is 18.7. The molecule has 0 bridgehead atoms. The van der Waals surface area contributed by atoms with Gasteiger partial charge in [-0.2, -0.15) is 0 Å². The minimum atomic E-state index is -1.05. The van der Waals surface area contributed by atoms with Gasteiger partial charge in [-0.1, -0.05) is 24.3 Å². The molecule has 0 saturated carbocycles. The van der Waals surface area contributed by atoms with Crippen LogP contribution in [-0.2, 0) is 22.6 Å². The molecule has 3 aromatic rings. The molecule has 174 valence electrons. The number of benzene rings is 2. The highest BCUT2D eigenvalue weighted by Crippen LogP contribution is 2.36. The maximum Gasteiger partial charge on any atom is 0.333 e. The topological polar surface area (TPSA) is 121 Å². The molecule has 9 heteroatoms. The largest absolute Gasteiger partial charge is 0.490 e. The van der Waals surface area contributed by atoms with Gasteiger partial charge < -0.3 is 19.3 Å². The molecular weight excluding hydrogens is 428 g/mol. The quantitative estimate of drug-likeness (QED) is 0.331. The molecule has 0 aliphatic rings. The molecule has 2 aromatic carbocycles. The lowest BCUT2D eigenvalue weighted by atomic mass is 10.1. The SMILES string of the molecule is CCOC(Cc1ccccc1OCc1cnc2cccc([N+](=O)[O-])c2c1OC(C)C)C(=O)O. The minimum absolute atomic E-state index is 0.0282. The fourth-order valence-corrected chi connectivity index (χ4v) is 3.45. The average molecular weight is 454 g/mol. The number of rotatable bonds is 11. The van der Waals surface area contributed by atoms with E-state index in [1.807, 2.05) is 13.8 Å². The van der Waals surface area contributed by atoms with Crippen LogP contribution in [0, 0.1) is 10.1 Å². The number of nitrogens with zero attached hydrogens (tertiary/aromatic N) is 2. The summed E-state index contributed by atoms with van der Waals surface area (Å²) >= 11 is 0. The molecule has 0 spiro atoms. The van der Waals surface area contributed by atoms with Gasteiger partial charge in [0.2, 0.25) is 0 Å². The van der Waals surface area contributed by atoms with E-state index >= 15 is 0 Å². The van der Waals surface area contributed by atoms with Crippen LogP contribution in [0.5, 0.6) is 11.5 Å². The molecule has 9 nitrogen and oxygen atoms in total. The zero-order chi connectivity index (χ0) is 24.0. The summed E-state index contributed by atoms with van der Waals surface area (Å²) in [4.78, 5) is 27.0. The van der Waals surface area contributed by atoms with Gasteiger partial charge in [-0.15, -0.1) is 0 Å². The molecule has 33 heavy (non-hydrogen) atoms. The van der Waals surface area contributed by atoms with E-state index in [0.29, 0.717) is 33.5 Å². The van der Waals surface area contributed by atoms with Crippen molar-refractivity contribution < 1.29 is 29.0 Å². The normalized spacial score (nSPS) is 12.0. The summed E-state index contributed by atoms with van der Waals surface area (Å²) in [5, 5.41) is 21.4. The molecule has 1 heterocycles. The van der Waals surface area contributed by atoms with E-state index in [0.717, 1.165) is 0 Å². The smallest absolute Gasteiger partial charge is 0.333 e. The molecule has 0 radical (unpaired) electrons. The van der Waals surface area contributed by atoms with Crippen molar-refractivity contribution in [2.75, 3.05) is 6.61 Å². The van der Waals surface area contributed by atoms with Crippen molar-refractivity contribution in [1.29, 1.82) is 0 Å². The number of hydrogen-bond acceptors (Lipinski definition) is 7. The standard InChI is InChI=1S/C24H26N2O7/c1-4-31-21(24(27)28)12-16-8-5-6-11-20(16)32-14-17-13-25-18-9-7-10-19(26(29)30)22(18)23(17)33-15(2)3/h5-11,13,15,21H,4,12,14H2,1-3H3,(H,27,28). The number of carboxylic acids is 1. The Morgan fingerprint density at radius 2 is 1.91 bits per heavy atom. The Bertz CT molecular complexity index is 1150. The van der Waals surface area contributed by atoms with Gasteiger partial charge in [0.15, 0.2) is 6.10 Å². The van der Waals surface area contributed by atoms with Crippen LogP contribution < -0.4 is 9.47 Å². The number of hydrogen-bond donors (Lipinski definition) is 1. The van der Waals surface area contributed by atoms with Crippen LogP contribution in [-0.4, -0.2) is 39.8 Å². The first-order valence-corrected chi connectivity index (χ1v) is 10.6. The number of fused-ring (bicyclic) bond motifs is 1. The summed E-state index contributed by atoms with van der Waals surface area (Å²) in [6, 6.07) is 11.8. The third-order valence-electron chi connectivity index (χ3n) is 4.85. The van der Waals surface area contributed by atoms with Gasteiger partial charge in [0.25, 0.3) is 5.69 Å². The van der Waals surface area contributed by atoms with Crippen molar-refractivity contribution in [3.05, 3.63) is 69.9 Å². The monoisotopic (exact) mass is 454 g/mol. The van der Waals surface area contributed by atoms with Crippen molar-refractivity contribution >= 4 is 22.6 Å². The first-order chi connectivity index (χ1) is 15.8. The number of non-ortho nitro benzene ring substituents is 1. The highest BCUT2D eigenvalue weighted by atomic mass is 16.6. The van der Waals surface area contributed by atoms with Crippen LogP contribution in [0.15, 0.2) is 48.7 Å². The second-order valence-electron chi connectivity index (χ2n) is 7.59. The maximum absolute atomic E-state index is 11.6. The van der Waals surface area contributed by atoms with Gasteiger partial charge in [0.1, 0.15) is 23.5 Å². The van der Waals surface area contributed by atoms with Crippen LogP contribution in [0.4, 0.5) is 5.69 Å². The van der Waals surface area contributed by atoms with E-state index in [1.165, 1.54) is 6.07 Å². The van der Waals surface area contributed by atoms with E-state index in [1.54, 1.807) is 49.5 Å². The van der Waals surface area contributed by atoms with Crippen LogP contribution in [0.25, 0.3) is 10.9 Å². The number of nitro benzene ring substituents is 1. The molecular formula is C24H26N2O7. The van der Waals surface area contributed by atoms with Crippen molar-refractivity contribution in [2.24, 2.45) is 0 Å². The molecule has 1 unspecified atom stereocenters. The second-order valence-corrected chi connectivity index (χ2v) is 7.59. The lowest BCUT2D eigenvalue weighted by molar-refractivity contribution is -0.383. The molecule has 0 amide bonds. The Balaban J connectivity index is 1.96. The highest BCUT2D eigenvalue weighted by molar-refractivity contribution is 5.94. The lowest BCUT2D eigenvalue weighted by Crippen LogP contribution is -2.26. The van der Waals surface area contributed by atoms with E-state index in [4.69, 9.17) is 14.2 Å². The van der Waals surface area contributed by atoms with E-state index < -0.39 is 17.0 Å². The summed E-state index contributed by atoms with van der Waals surface area (Å²) in [7, 11) is 0. The third kappa shape index (κ3) is 5.75. The third-order valence-corrected chi connectivity index (χ3v) is 4.85. The zero-order valence-corrected chi connectivity index (χ0v) is 18.7. The van der Waals surface area contributed by atoms with Crippen molar-refractivity contribution in [1.82, 2.24) is 4.98 Å². The number of ether oxygens (including phenoxy) is 3. The summed E-state index contributed by atoms with van der Waals surface area (Å²) in [5.74, 6) is -0.218. The van der Waals surface area contributed by atoms with E-state index in [-0.39, 0.29) is 31.4 Å². The Morgan fingerprint density at radius 1 is 1.15 bits per heavy atom. The molecule has 1 aromatic heterocycles. The van der Waals surface area contributed by atoms with Gasteiger partial charge >= 0.3 is 5.97 Å². The number of aliphatic carboxylic acids is 1. The van der Waals surface area contributed by atoms with Crippen LogP contribution in [0.1, 0.15) is 31.9 Å². The van der Waals surface area contributed by atoms with Gasteiger partial charge in [0, 0.05) is 25.3 Å². The first-order valence-electron chi connectivity index (χ1n) is 10.6. The van der Waals surface area contributed by atoms with Gasteiger partial charge in [-0.25, -0.2) is 4.79 Å². The average Bonchev–Trinajstić information content (AvgIpc) is 2.78. The van der Waals surface area contributed by atoms with Crippen molar-refractivity contribution in [3.63, 3.8) is 0 Å². The summed E-state index contributed by atoms with van der Waals surface area (Å²) in [6.07, 6.45) is 0.483. The number of carboxylic acid groups (broad SMARTS) is 1. The number of nitro groups is 1. The fourth-order valence-electron chi connectivity index (χ4n) is 3.45. The molecule has 1 atom stereocenters. The molecule has 0 fully saturated rings. The molecule has 0 saturated heterocycles. The van der Waals surface area contributed by atoms with Crippen LogP contribution >= 0.6 is 0 Å². The van der Waals surface area contributed by atoms with Gasteiger partial charge in [-0.3, -0.25) is 15.1 Å². The number of carbonyl (C=O) groups is 1. The summed E-state index contributed by atoms with van der Waals surface area (Å²) in [6.45, 7) is 5.71. The Kier molecular flexibility index (Phi) is 7.78. The lowest BCUT2D eigenvalue weighted by Gasteiger charge is -2.18. The predicted molar refractivity (Wildman–Crippen MR) is 122 cm³/mol. The maximum atomic E-state index is 11.6. The molecule has 3 rings (SSSR count).